The zero-order valence-electron chi connectivity index (χ0n) is 19.7. The van der Waals surface area contributed by atoms with Gasteiger partial charge in [0.2, 0.25) is 11.5 Å². The summed E-state index contributed by atoms with van der Waals surface area (Å²) in [7, 11) is 2.20. The summed E-state index contributed by atoms with van der Waals surface area (Å²) in [6.07, 6.45) is 4.44. The molecule has 2 aromatic rings. The van der Waals surface area contributed by atoms with Crippen LogP contribution in [0.25, 0.3) is 11.4 Å². The Labute approximate surface area is 190 Å². The number of rotatable bonds is 5. The fourth-order valence-electron chi connectivity index (χ4n) is 4.61. The van der Waals surface area contributed by atoms with Gasteiger partial charge in [-0.15, -0.1) is 0 Å². The highest BCUT2D eigenvalue weighted by Crippen LogP contribution is 2.34. The topological polar surface area (TPSA) is 86.1 Å². The maximum absolute atomic E-state index is 6.09. The van der Waals surface area contributed by atoms with Gasteiger partial charge in [0.05, 0.1) is 6.34 Å². The molecule has 3 heterocycles. The summed E-state index contributed by atoms with van der Waals surface area (Å²) in [5, 5.41) is 0. The van der Waals surface area contributed by atoms with E-state index in [1.807, 2.05) is 13.8 Å². The molecule has 3 N–H and O–H groups in total. The number of H-pyrrole nitrogens is 1. The molecule has 1 aromatic heterocycles. The van der Waals surface area contributed by atoms with Crippen molar-refractivity contribution in [2.24, 2.45) is 15.7 Å². The van der Waals surface area contributed by atoms with E-state index in [-0.39, 0.29) is 6.04 Å². The first-order valence-corrected chi connectivity index (χ1v) is 11.6. The minimum Gasteiger partial charge on any atom is -0.489 e. The second-order valence-corrected chi connectivity index (χ2v) is 8.90. The summed E-state index contributed by atoms with van der Waals surface area (Å²) in [4.78, 5) is 17.5. The third-order valence-corrected chi connectivity index (χ3v) is 6.24. The van der Waals surface area contributed by atoms with E-state index in [0.717, 1.165) is 62.0 Å². The molecule has 8 nitrogen and oxygen atoms in total. The van der Waals surface area contributed by atoms with Gasteiger partial charge in [-0.3, -0.25) is 9.89 Å². The van der Waals surface area contributed by atoms with Crippen LogP contribution in [0.3, 0.4) is 0 Å². The van der Waals surface area contributed by atoms with Gasteiger partial charge in [-0.2, -0.15) is 0 Å². The molecule has 0 bridgehead atoms. The molecule has 4 rings (SSSR count). The molecule has 32 heavy (non-hydrogen) atoms. The van der Waals surface area contributed by atoms with Crippen LogP contribution in [0.5, 0.6) is 5.75 Å². The first-order chi connectivity index (χ1) is 15.5. The van der Waals surface area contributed by atoms with E-state index in [2.05, 4.69) is 67.7 Å². The molecule has 1 saturated heterocycles. The van der Waals surface area contributed by atoms with Gasteiger partial charge < -0.3 is 15.4 Å². The largest absolute Gasteiger partial charge is 0.489 e. The number of likely N-dealkylation sites (N-methyl/N-ethyl adjacent to an activating group) is 1. The number of hydrogen-bond acceptors (Lipinski definition) is 4. The van der Waals surface area contributed by atoms with Gasteiger partial charge in [-0.25, -0.2) is 14.5 Å². The molecule has 0 radical (unpaired) electrons. The zero-order valence-corrected chi connectivity index (χ0v) is 19.7. The van der Waals surface area contributed by atoms with Crippen LogP contribution in [-0.4, -0.2) is 72.8 Å². The molecular weight excluding hydrogens is 402 g/mol. The number of benzene rings is 1. The highest BCUT2D eigenvalue weighted by Gasteiger charge is 2.29. The Morgan fingerprint density at radius 1 is 1.28 bits per heavy atom. The van der Waals surface area contributed by atoms with Gasteiger partial charge in [-0.1, -0.05) is 13.0 Å². The molecule has 0 spiro atoms. The molecule has 172 valence electrons. The fraction of sp³-hybridized carbons (Fsp3) is 0.542. The lowest BCUT2D eigenvalue weighted by Gasteiger charge is -2.38. The molecule has 1 aromatic carbocycles. The predicted molar refractivity (Wildman–Crippen MR) is 128 cm³/mol. The zero-order chi connectivity index (χ0) is 22.7. The number of fused-ring (bicyclic) bond motifs is 3. The fourth-order valence-corrected chi connectivity index (χ4v) is 4.61. The third kappa shape index (κ3) is 4.71. The number of nitrogens with zero attached hydrogens (tertiary/aromatic N) is 5. The molecule has 2 aliphatic rings. The Kier molecular flexibility index (Phi) is 6.91. The van der Waals surface area contributed by atoms with E-state index in [1.54, 1.807) is 0 Å². The number of piperazine rings is 1. The summed E-state index contributed by atoms with van der Waals surface area (Å²) >= 11 is 0. The highest BCUT2D eigenvalue weighted by atomic mass is 16.5. The van der Waals surface area contributed by atoms with Gasteiger partial charge in [0.25, 0.3) is 5.82 Å². The van der Waals surface area contributed by atoms with Gasteiger partial charge in [-0.05, 0) is 45.0 Å². The quantitative estimate of drug-likeness (QED) is 0.426. The number of nitrogens with two attached hydrogens (primary N) is 1. The van der Waals surface area contributed by atoms with E-state index in [4.69, 9.17) is 10.5 Å². The number of amidine groups is 1. The number of nitrogens with one attached hydrogen (secondary N) is 1. The molecule has 0 saturated carbocycles. The molecule has 1 atom stereocenters. The number of imidazole rings is 1. The van der Waals surface area contributed by atoms with Crippen molar-refractivity contribution in [1.82, 2.24) is 14.8 Å². The third-order valence-electron chi connectivity index (χ3n) is 6.24. The van der Waals surface area contributed by atoms with Crippen LogP contribution in [0.2, 0.25) is 0 Å². The first-order valence-electron chi connectivity index (χ1n) is 11.6. The van der Waals surface area contributed by atoms with Crippen LogP contribution in [0.1, 0.15) is 44.5 Å². The standard InChI is InChI=1S/C24H35N7O/c1-5-21(30-10-8-29(4)9-11-30)18-6-7-22-19(14-18)24-28-20(15-31(24)12-13-32-22)23(26-16-25)27-17(2)3/h6-7,14-17,21H,5,8-13H2,1-4H3,(H2,25,26,27)/p+1. The number of hydrogen-bond donors (Lipinski definition) is 2. The lowest BCUT2D eigenvalue weighted by atomic mass is 9.98. The van der Waals surface area contributed by atoms with E-state index in [0.29, 0.717) is 18.5 Å². The van der Waals surface area contributed by atoms with Crippen molar-refractivity contribution in [2.75, 3.05) is 39.8 Å². The number of aliphatic imine (C=N–C) groups is 2. The molecule has 2 aliphatic heterocycles. The number of aromatic nitrogens is 2. The average molecular weight is 439 g/mol. The SMILES string of the molecule is CCC(c1ccc2c(c1)-c1[nH]c(C(N=CN)=NC(C)C)c[n+]1CCO2)N1CCN(C)CC1. The van der Waals surface area contributed by atoms with Crippen molar-refractivity contribution in [3.8, 4) is 17.1 Å². The Morgan fingerprint density at radius 2 is 2.06 bits per heavy atom. The Balaban J connectivity index is 1.72. The predicted octanol–water partition coefficient (Wildman–Crippen LogP) is 2.20. The lowest BCUT2D eigenvalue weighted by molar-refractivity contribution is -0.684. The molecular formula is C24H36N7O+. The van der Waals surface area contributed by atoms with Crippen molar-refractivity contribution >= 4 is 12.2 Å². The van der Waals surface area contributed by atoms with Crippen LogP contribution in [0.4, 0.5) is 0 Å². The second kappa shape index (κ2) is 9.83. The smallest absolute Gasteiger partial charge is 0.291 e. The van der Waals surface area contributed by atoms with Gasteiger partial charge in [0.15, 0.2) is 0 Å². The molecule has 8 heteroatoms. The maximum atomic E-state index is 6.09. The summed E-state index contributed by atoms with van der Waals surface area (Å²) in [6.45, 7) is 12.1. The monoisotopic (exact) mass is 438 g/mol. The summed E-state index contributed by atoms with van der Waals surface area (Å²) in [5.74, 6) is 2.54. The van der Waals surface area contributed by atoms with Crippen LogP contribution in [0, 0.1) is 0 Å². The second-order valence-electron chi connectivity index (χ2n) is 8.90. The van der Waals surface area contributed by atoms with Crippen LogP contribution in [0.15, 0.2) is 34.4 Å². The first kappa shape index (κ1) is 22.5. The van der Waals surface area contributed by atoms with Gasteiger partial charge >= 0.3 is 0 Å². The van der Waals surface area contributed by atoms with E-state index in [1.165, 1.54) is 11.9 Å². The molecule has 0 aliphatic carbocycles. The van der Waals surface area contributed by atoms with Crippen molar-refractivity contribution in [3.63, 3.8) is 0 Å². The van der Waals surface area contributed by atoms with Crippen molar-refractivity contribution in [1.29, 1.82) is 0 Å². The summed E-state index contributed by atoms with van der Waals surface area (Å²) in [6, 6.07) is 7.18. The number of aromatic amines is 1. The highest BCUT2D eigenvalue weighted by molar-refractivity contribution is 6.01. The Morgan fingerprint density at radius 3 is 2.75 bits per heavy atom. The van der Waals surface area contributed by atoms with E-state index in [9.17, 15) is 0 Å². The minimum absolute atomic E-state index is 0.123. The Hall–Kier alpha value is -2.71. The van der Waals surface area contributed by atoms with Gasteiger partial charge in [0.1, 0.15) is 30.7 Å². The number of ether oxygens (including phenoxy) is 1. The van der Waals surface area contributed by atoms with E-state index >= 15 is 0 Å². The van der Waals surface area contributed by atoms with Crippen LogP contribution >= 0.6 is 0 Å². The van der Waals surface area contributed by atoms with Crippen molar-refractivity contribution in [2.45, 2.75) is 45.8 Å². The summed E-state index contributed by atoms with van der Waals surface area (Å²) in [5.41, 5.74) is 8.87. The maximum Gasteiger partial charge on any atom is 0.291 e. The van der Waals surface area contributed by atoms with Crippen molar-refractivity contribution in [3.05, 3.63) is 35.7 Å². The lowest BCUT2D eigenvalue weighted by Crippen LogP contribution is -2.45. The minimum atomic E-state index is 0.123. The van der Waals surface area contributed by atoms with Crippen LogP contribution < -0.4 is 15.0 Å². The Bertz CT molecular complexity index is 986. The molecule has 0 amide bonds. The van der Waals surface area contributed by atoms with Gasteiger partial charge in [0, 0.05) is 38.3 Å². The molecule has 1 fully saturated rings. The summed E-state index contributed by atoms with van der Waals surface area (Å²) < 4.78 is 8.29. The van der Waals surface area contributed by atoms with Crippen LogP contribution in [-0.2, 0) is 6.54 Å². The molecule has 1 unspecified atom stereocenters. The normalized spacial score (nSPS) is 19.0. The average Bonchev–Trinajstić information content (AvgIpc) is 3.12. The van der Waals surface area contributed by atoms with E-state index < -0.39 is 0 Å². The van der Waals surface area contributed by atoms with Crippen molar-refractivity contribution < 1.29 is 9.30 Å².